The first kappa shape index (κ1) is 19.5. The molecule has 0 aliphatic rings. The van der Waals surface area contributed by atoms with Gasteiger partial charge < -0.3 is 9.84 Å². The van der Waals surface area contributed by atoms with Crippen molar-refractivity contribution in [3.05, 3.63) is 82.7 Å². The number of carboxylic acids is 1. The summed E-state index contributed by atoms with van der Waals surface area (Å²) in [5, 5.41) is 9.33. The van der Waals surface area contributed by atoms with Crippen LogP contribution in [0.2, 0.25) is 0 Å². The Morgan fingerprint density at radius 2 is 1.82 bits per heavy atom. The molecule has 0 saturated carbocycles. The molecule has 0 spiro atoms. The van der Waals surface area contributed by atoms with E-state index in [0.717, 1.165) is 0 Å². The second kappa shape index (κ2) is 8.17. The number of hydrogen-bond acceptors (Lipinski definition) is 3. The molecule has 0 atom stereocenters. The Morgan fingerprint density at radius 3 is 2.46 bits per heavy atom. The molecule has 3 aromatic rings. The first-order valence-corrected chi connectivity index (χ1v) is 8.79. The zero-order valence-electron chi connectivity index (χ0n) is 15.5. The summed E-state index contributed by atoms with van der Waals surface area (Å²) < 4.78 is 34.8. The lowest BCUT2D eigenvalue weighted by atomic mass is 9.98. The van der Waals surface area contributed by atoms with Crippen molar-refractivity contribution < 1.29 is 23.4 Å². The van der Waals surface area contributed by atoms with Crippen molar-refractivity contribution in [1.29, 1.82) is 0 Å². The van der Waals surface area contributed by atoms with Crippen molar-refractivity contribution in [2.24, 2.45) is 0 Å². The van der Waals surface area contributed by atoms with Gasteiger partial charge in [-0.15, -0.1) is 0 Å². The number of nitrogens with zero attached hydrogens (tertiary/aromatic N) is 1. The fourth-order valence-electron chi connectivity index (χ4n) is 2.96. The molecule has 0 aliphatic heterocycles. The average molecular weight is 383 g/mol. The number of pyridine rings is 1. The normalized spacial score (nSPS) is 10.7. The molecule has 0 saturated heterocycles. The molecule has 0 bridgehead atoms. The molecule has 0 fully saturated rings. The van der Waals surface area contributed by atoms with Crippen molar-refractivity contribution in [1.82, 2.24) is 4.98 Å². The number of rotatable bonds is 6. The van der Waals surface area contributed by atoms with Crippen LogP contribution in [0.25, 0.3) is 11.1 Å². The quantitative estimate of drug-likeness (QED) is 0.649. The van der Waals surface area contributed by atoms with Gasteiger partial charge in [0.2, 0.25) is 0 Å². The summed E-state index contributed by atoms with van der Waals surface area (Å²) in [7, 11) is 0. The number of ether oxygens (including phenoxy) is 1. The third-order valence-corrected chi connectivity index (χ3v) is 4.30. The van der Waals surface area contributed by atoms with Crippen molar-refractivity contribution in [2.45, 2.75) is 20.3 Å². The molecule has 1 N–H and O–H groups in total. The molecular weight excluding hydrogens is 364 g/mol. The maximum atomic E-state index is 14.7. The summed E-state index contributed by atoms with van der Waals surface area (Å²) in [5.74, 6) is -2.08. The highest BCUT2D eigenvalue weighted by molar-refractivity contribution is 5.89. The maximum Gasteiger partial charge on any atom is 0.337 e. The topological polar surface area (TPSA) is 59.4 Å². The van der Waals surface area contributed by atoms with Crippen LogP contribution in [0.3, 0.4) is 0 Å². The van der Waals surface area contributed by atoms with Gasteiger partial charge in [0.05, 0.1) is 17.9 Å². The molecule has 144 valence electrons. The zero-order chi connectivity index (χ0) is 20.3. The summed E-state index contributed by atoms with van der Waals surface area (Å²) in [6, 6.07) is 10.9. The number of aryl methyl sites for hydroxylation is 1. The van der Waals surface area contributed by atoms with Gasteiger partial charge in [-0.25, -0.2) is 13.6 Å². The van der Waals surface area contributed by atoms with E-state index in [4.69, 9.17) is 4.74 Å². The summed E-state index contributed by atoms with van der Waals surface area (Å²) in [6.07, 6.45) is 1.23. The van der Waals surface area contributed by atoms with Crippen LogP contribution < -0.4 is 4.74 Å². The Bertz CT molecular complexity index is 1010. The molecule has 3 rings (SSSR count). The smallest absolute Gasteiger partial charge is 0.337 e. The standard InChI is InChI=1S/C22H19F2NO3/c1-3-28-16-6-4-5-14(8-16)15-9-19(23)17(20(24)10-15)11-21-18(22(26)27)7-13(2)12-25-21/h4-10,12H,3,11H2,1-2H3,(H,26,27). The Hall–Kier alpha value is -3.28. The second-order valence-electron chi connectivity index (χ2n) is 6.37. The van der Waals surface area contributed by atoms with E-state index in [0.29, 0.717) is 29.0 Å². The largest absolute Gasteiger partial charge is 0.494 e. The molecule has 1 heterocycles. The number of hydrogen-bond donors (Lipinski definition) is 1. The van der Waals surface area contributed by atoms with Crippen LogP contribution in [0.5, 0.6) is 5.75 Å². The van der Waals surface area contributed by atoms with Crippen LogP contribution in [0.4, 0.5) is 8.78 Å². The van der Waals surface area contributed by atoms with Crippen molar-refractivity contribution in [3.8, 4) is 16.9 Å². The van der Waals surface area contributed by atoms with Crippen molar-refractivity contribution >= 4 is 5.97 Å². The molecule has 0 aliphatic carbocycles. The van der Waals surface area contributed by atoms with Gasteiger partial charge >= 0.3 is 5.97 Å². The number of carboxylic acid groups (broad SMARTS) is 1. The Morgan fingerprint density at radius 1 is 1.11 bits per heavy atom. The van der Waals surface area contributed by atoms with E-state index in [2.05, 4.69) is 4.98 Å². The molecule has 2 aromatic carbocycles. The minimum atomic E-state index is -1.18. The van der Waals surface area contributed by atoms with Gasteiger partial charge in [0, 0.05) is 18.2 Å². The predicted molar refractivity (Wildman–Crippen MR) is 102 cm³/mol. The van der Waals surface area contributed by atoms with Gasteiger partial charge in [-0.3, -0.25) is 4.98 Å². The number of aromatic nitrogens is 1. The van der Waals surface area contributed by atoms with E-state index in [1.54, 1.807) is 31.2 Å². The highest BCUT2D eigenvalue weighted by Crippen LogP contribution is 2.28. The Kier molecular flexibility index (Phi) is 5.68. The highest BCUT2D eigenvalue weighted by atomic mass is 19.1. The second-order valence-corrected chi connectivity index (χ2v) is 6.37. The summed E-state index contributed by atoms with van der Waals surface area (Å²) in [4.78, 5) is 15.5. The lowest BCUT2D eigenvalue weighted by Crippen LogP contribution is -2.08. The first-order valence-electron chi connectivity index (χ1n) is 8.79. The molecule has 6 heteroatoms. The van der Waals surface area contributed by atoms with Crippen LogP contribution in [-0.4, -0.2) is 22.7 Å². The summed E-state index contributed by atoms with van der Waals surface area (Å²) >= 11 is 0. The van der Waals surface area contributed by atoms with E-state index in [9.17, 15) is 18.7 Å². The van der Waals surface area contributed by atoms with Crippen LogP contribution in [0.15, 0.2) is 48.7 Å². The number of aromatic carboxylic acids is 1. The Balaban J connectivity index is 1.98. The van der Waals surface area contributed by atoms with Gasteiger partial charge in [-0.2, -0.15) is 0 Å². The lowest BCUT2D eigenvalue weighted by Gasteiger charge is -2.11. The number of carbonyl (C=O) groups is 1. The van der Waals surface area contributed by atoms with Crippen LogP contribution in [0, 0.1) is 18.6 Å². The van der Waals surface area contributed by atoms with Crippen molar-refractivity contribution in [3.63, 3.8) is 0 Å². The molecule has 0 amide bonds. The summed E-state index contributed by atoms with van der Waals surface area (Å²) in [5.41, 5.74) is 1.48. The molecule has 1 aromatic heterocycles. The molecule has 0 unspecified atom stereocenters. The molecular formula is C22H19F2NO3. The van der Waals surface area contributed by atoms with Gasteiger partial charge in [0.25, 0.3) is 0 Å². The molecule has 4 nitrogen and oxygen atoms in total. The van der Waals surface area contributed by atoms with E-state index >= 15 is 0 Å². The summed E-state index contributed by atoms with van der Waals surface area (Å²) in [6.45, 7) is 4.04. The monoisotopic (exact) mass is 383 g/mol. The fourth-order valence-corrected chi connectivity index (χ4v) is 2.96. The zero-order valence-corrected chi connectivity index (χ0v) is 15.5. The van der Waals surface area contributed by atoms with Gasteiger partial charge in [0.15, 0.2) is 0 Å². The van der Waals surface area contributed by atoms with Gasteiger partial charge in [-0.1, -0.05) is 12.1 Å². The third-order valence-electron chi connectivity index (χ3n) is 4.30. The number of halogens is 2. The van der Waals surface area contributed by atoms with Gasteiger partial charge in [-0.05, 0) is 60.9 Å². The molecule has 0 radical (unpaired) electrons. The van der Waals surface area contributed by atoms with E-state index < -0.39 is 17.6 Å². The van der Waals surface area contributed by atoms with E-state index in [1.165, 1.54) is 24.4 Å². The van der Waals surface area contributed by atoms with Crippen molar-refractivity contribution in [2.75, 3.05) is 6.61 Å². The first-order chi connectivity index (χ1) is 13.4. The SMILES string of the molecule is CCOc1cccc(-c2cc(F)c(Cc3ncc(C)cc3C(=O)O)c(F)c2)c1. The maximum absolute atomic E-state index is 14.7. The minimum absolute atomic E-state index is 0.0627. The molecule has 28 heavy (non-hydrogen) atoms. The van der Waals surface area contributed by atoms with Crippen LogP contribution in [-0.2, 0) is 6.42 Å². The predicted octanol–water partition coefficient (Wildman–Crippen LogP) is 5.02. The average Bonchev–Trinajstić information content (AvgIpc) is 2.66. The van der Waals surface area contributed by atoms with Crippen LogP contribution in [0.1, 0.15) is 34.1 Å². The van der Waals surface area contributed by atoms with Gasteiger partial charge in [0.1, 0.15) is 17.4 Å². The lowest BCUT2D eigenvalue weighted by molar-refractivity contribution is 0.0695. The highest BCUT2D eigenvalue weighted by Gasteiger charge is 2.18. The van der Waals surface area contributed by atoms with E-state index in [1.807, 2.05) is 6.92 Å². The third kappa shape index (κ3) is 4.17. The van der Waals surface area contributed by atoms with E-state index in [-0.39, 0.29) is 23.2 Å². The Labute approximate surface area is 161 Å². The minimum Gasteiger partial charge on any atom is -0.494 e. The van der Waals surface area contributed by atoms with Crippen LogP contribution >= 0.6 is 0 Å². The fraction of sp³-hybridized carbons (Fsp3) is 0.182. The number of benzene rings is 2.